The third-order valence-electron chi connectivity index (χ3n) is 1.32. The van der Waals surface area contributed by atoms with E-state index in [9.17, 15) is 4.79 Å². The fourth-order valence-corrected chi connectivity index (χ4v) is 0.756. The molecule has 0 radical (unpaired) electrons. The number of pyridine rings is 1. The van der Waals surface area contributed by atoms with E-state index >= 15 is 0 Å². The van der Waals surface area contributed by atoms with E-state index in [-0.39, 0.29) is 5.69 Å². The molecule has 12 heavy (non-hydrogen) atoms. The van der Waals surface area contributed by atoms with Crippen LogP contribution in [0.25, 0.3) is 0 Å². The topological polar surface area (TPSA) is 73.7 Å². The lowest BCUT2D eigenvalue weighted by Gasteiger charge is -2.04. The highest BCUT2D eigenvalue weighted by atomic mass is 16.8. The Morgan fingerprint density at radius 3 is 2.75 bits per heavy atom. The van der Waals surface area contributed by atoms with Crippen LogP contribution >= 0.6 is 0 Å². The Labute approximate surface area is 68.8 Å². The van der Waals surface area contributed by atoms with Crippen molar-refractivity contribution in [2.45, 2.75) is 6.92 Å². The average molecular weight is 168 g/mol. The summed E-state index contributed by atoms with van der Waals surface area (Å²) < 4.78 is 0. The first kappa shape index (κ1) is 8.63. The van der Waals surface area contributed by atoms with Crippen molar-refractivity contribution in [2.75, 3.05) is 0 Å². The minimum Gasteiger partial charge on any atom is -0.262 e. The van der Waals surface area contributed by atoms with E-state index in [0.29, 0.717) is 0 Å². The molecule has 0 spiro atoms. The van der Waals surface area contributed by atoms with Crippen LogP contribution in [0.4, 0.5) is 0 Å². The average Bonchev–Trinajstić information content (AvgIpc) is 2.03. The first-order valence-electron chi connectivity index (χ1n) is 3.26. The molecule has 1 aromatic heterocycles. The number of aromatic nitrogens is 1. The Balaban J connectivity index is 2.96. The van der Waals surface area contributed by atoms with Gasteiger partial charge in [0.15, 0.2) is 0 Å². The molecule has 0 aliphatic carbocycles. The van der Waals surface area contributed by atoms with E-state index < -0.39 is 11.1 Å². The molecule has 5 nitrogen and oxygen atoms in total. The normalized spacial score (nSPS) is 9.58. The predicted octanol–water partition coefficient (Wildman–Crippen LogP) is 0.611. The lowest BCUT2D eigenvalue weighted by molar-refractivity contribution is -0.260. The molecule has 1 aromatic rings. The van der Waals surface area contributed by atoms with E-state index in [2.05, 4.69) is 4.98 Å². The molecular weight excluding hydrogens is 160 g/mol. The van der Waals surface area contributed by atoms with Crippen molar-refractivity contribution < 1.29 is 15.2 Å². The van der Waals surface area contributed by atoms with E-state index in [0.717, 1.165) is 5.56 Å². The molecule has 0 saturated carbocycles. The van der Waals surface area contributed by atoms with Crippen LogP contribution in [0.3, 0.4) is 0 Å². The van der Waals surface area contributed by atoms with Crippen LogP contribution in [0.2, 0.25) is 0 Å². The van der Waals surface area contributed by atoms with Crippen LogP contribution in [0.1, 0.15) is 16.1 Å². The largest absolute Gasteiger partial charge is 0.321 e. The minimum absolute atomic E-state index is 0.000000000000000444. The van der Waals surface area contributed by atoms with Crippen LogP contribution in [-0.4, -0.2) is 26.5 Å². The fraction of sp³-hybridized carbons (Fsp3) is 0.143. The third kappa shape index (κ3) is 1.77. The van der Waals surface area contributed by atoms with Crippen LogP contribution in [-0.2, 0) is 0 Å². The number of hydrogen-bond donors (Lipinski definition) is 2. The van der Waals surface area contributed by atoms with Crippen molar-refractivity contribution >= 4 is 5.91 Å². The van der Waals surface area contributed by atoms with Crippen molar-refractivity contribution in [2.24, 2.45) is 0 Å². The van der Waals surface area contributed by atoms with E-state index in [4.69, 9.17) is 10.4 Å². The zero-order valence-corrected chi connectivity index (χ0v) is 6.43. The summed E-state index contributed by atoms with van der Waals surface area (Å²) in [6, 6.07) is 3.16. The molecule has 0 saturated heterocycles. The van der Waals surface area contributed by atoms with Gasteiger partial charge in [-0.2, -0.15) is 0 Å². The molecule has 0 unspecified atom stereocenters. The lowest BCUT2D eigenvalue weighted by Crippen LogP contribution is -2.24. The summed E-state index contributed by atoms with van der Waals surface area (Å²) in [4.78, 5) is 14.5. The number of hydrogen-bond acceptors (Lipinski definition) is 4. The smallest absolute Gasteiger partial charge is 0.262 e. The van der Waals surface area contributed by atoms with Crippen LogP contribution in [0.15, 0.2) is 18.3 Å². The van der Waals surface area contributed by atoms with Gasteiger partial charge in [0.25, 0.3) is 0 Å². The van der Waals surface area contributed by atoms with Gasteiger partial charge in [0, 0.05) is 6.20 Å². The molecule has 5 heteroatoms. The predicted molar refractivity (Wildman–Crippen MR) is 38.7 cm³/mol. The highest BCUT2D eigenvalue weighted by Gasteiger charge is 2.12. The van der Waals surface area contributed by atoms with Gasteiger partial charge < -0.3 is 0 Å². The van der Waals surface area contributed by atoms with Gasteiger partial charge in [-0.15, -0.1) is 0 Å². The maximum atomic E-state index is 10.9. The minimum atomic E-state index is -0.946. The fourth-order valence-electron chi connectivity index (χ4n) is 0.756. The molecule has 0 aliphatic rings. The second-order valence-electron chi connectivity index (χ2n) is 2.31. The molecule has 64 valence electrons. The zero-order valence-electron chi connectivity index (χ0n) is 6.43. The first-order chi connectivity index (χ1) is 5.61. The molecule has 0 aromatic carbocycles. The quantitative estimate of drug-likeness (QED) is 0.476. The number of amides is 1. The standard InChI is InChI=1S/C7H8N2O3/c1-5-2-3-8-6(4-5)7(10)9(11)12/h2-4,11-12H,1H3. The monoisotopic (exact) mass is 168 g/mol. The summed E-state index contributed by atoms with van der Waals surface area (Å²) in [7, 11) is 0. The van der Waals surface area contributed by atoms with Crippen LogP contribution in [0.5, 0.6) is 0 Å². The Hall–Kier alpha value is -1.46. The van der Waals surface area contributed by atoms with E-state index in [1.807, 2.05) is 0 Å². The van der Waals surface area contributed by atoms with Crippen molar-refractivity contribution in [3.05, 3.63) is 29.6 Å². The molecular formula is C7H8N2O3. The maximum absolute atomic E-state index is 10.9. The molecule has 1 rings (SSSR count). The summed E-state index contributed by atoms with van der Waals surface area (Å²) >= 11 is 0. The number of rotatable bonds is 1. The summed E-state index contributed by atoms with van der Waals surface area (Å²) in [6.45, 7) is 1.78. The Bertz CT molecular complexity index is 298. The Kier molecular flexibility index (Phi) is 2.37. The van der Waals surface area contributed by atoms with Gasteiger partial charge in [-0.1, -0.05) is 5.23 Å². The van der Waals surface area contributed by atoms with Crippen molar-refractivity contribution in [3.63, 3.8) is 0 Å². The van der Waals surface area contributed by atoms with E-state index in [1.165, 1.54) is 12.3 Å². The summed E-state index contributed by atoms with van der Waals surface area (Å²) in [5.41, 5.74) is 0.829. The molecule has 0 atom stereocenters. The lowest BCUT2D eigenvalue weighted by atomic mass is 10.2. The number of carbonyl (C=O) groups is 1. The summed E-state index contributed by atoms with van der Waals surface area (Å²) in [5.74, 6) is -0.946. The molecule has 1 amide bonds. The zero-order chi connectivity index (χ0) is 9.14. The number of carbonyl (C=O) groups excluding carboxylic acids is 1. The molecule has 0 bridgehead atoms. The van der Waals surface area contributed by atoms with Crippen molar-refractivity contribution in [3.8, 4) is 0 Å². The Morgan fingerprint density at radius 2 is 2.25 bits per heavy atom. The van der Waals surface area contributed by atoms with Gasteiger partial charge in [0.2, 0.25) is 0 Å². The van der Waals surface area contributed by atoms with Gasteiger partial charge in [-0.05, 0) is 24.6 Å². The van der Waals surface area contributed by atoms with Gasteiger partial charge in [-0.3, -0.25) is 20.2 Å². The maximum Gasteiger partial charge on any atom is 0.321 e. The van der Waals surface area contributed by atoms with Gasteiger partial charge in [0.1, 0.15) is 5.69 Å². The second kappa shape index (κ2) is 3.29. The van der Waals surface area contributed by atoms with Gasteiger partial charge in [0.05, 0.1) is 0 Å². The number of hydroxylamine groups is 2. The second-order valence-corrected chi connectivity index (χ2v) is 2.31. The summed E-state index contributed by atoms with van der Waals surface area (Å²) in [6.07, 6.45) is 1.42. The van der Waals surface area contributed by atoms with E-state index in [1.54, 1.807) is 13.0 Å². The van der Waals surface area contributed by atoms with Crippen LogP contribution in [0, 0.1) is 6.92 Å². The third-order valence-corrected chi connectivity index (χ3v) is 1.32. The highest BCUT2D eigenvalue weighted by Crippen LogP contribution is 2.01. The first-order valence-corrected chi connectivity index (χ1v) is 3.26. The SMILES string of the molecule is Cc1ccnc(C(=O)N(O)O)c1. The van der Waals surface area contributed by atoms with Gasteiger partial charge in [-0.25, -0.2) is 0 Å². The molecule has 0 fully saturated rings. The number of aryl methyl sites for hydroxylation is 1. The van der Waals surface area contributed by atoms with Crippen molar-refractivity contribution in [1.82, 2.24) is 10.2 Å². The number of nitrogens with zero attached hydrogens (tertiary/aromatic N) is 2. The van der Waals surface area contributed by atoms with Gasteiger partial charge >= 0.3 is 5.91 Å². The van der Waals surface area contributed by atoms with Crippen LogP contribution < -0.4 is 0 Å². The van der Waals surface area contributed by atoms with Crippen molar-refractivity contribution in [1.29, 1.82) is 0 Å². The molecule has 0 aliphatic heterocycles. The highest BCUT2D eigenvalue weighted by molar-refractivity contribution is 5.90. The molecule has 1 heterocycles. The molecule has 2 N–H and O–H groups in total. The summed E-state index contributed by atoms with van der Waals surface area (Å²) in [5, 5.41) is 16.2. The Morgan fingerprint density at radius 1 is 1.58 bits per heavy atom.